The molecule has 32 heavy (non-hydrogen) atoms. The van der Waals surface area contributed by atoms with Gasteiger partial charge in [-0.15, -0.1) is 0 Å². The van der Waals surface area contributed by atoms with Gasteiger partial charge in [0.2, 0.25) is 0 Å². The molecule has 0 spiro atoms. The summed E-state index contributed by atoms with van der Waals surface area (Å²) in [5, 5.41) is 0. The zero-order valence-electron chi connectivity index (χ0n) is 22.4. The molecule has 3 fully saturated rings. The molecule has 0 aliphatic heterocycles. The van der Waals surface area contributed by atoms with Gasteiger partial charge < -0.3 is 0 Å². The van der Waals surface area contributed by atoms with Gasteiger partial charge >= 0.3 is 0 Å². The van der Waals surface area contributed by atoms with E-state index in [1.54, 1.807) is 64.2 Å². The average molecular weight is 445 g/mol. The van der Waals surface area contributed by atoms with Crippen LogP contribution in [0.3, 0.4) is 0 Å². The Bertz CT molecular complexity index is 411. The maximum absolute atomic E-state index is 2.33. The Balaban J connectivity index is 1.27. The topological polar surface area (TPSA) is 0 Å². The monoisotopic (exact) mass is 444 g/mol. The van der Waals surface area contributed by atoms with Crippen LogP contribution < -0.4 is 0 Å². The van der Waals surface area contributed by atoms with Crippen molar-refractivity contribution in [3.63, 3.8) is 0 Å². The molecule has 188 valence electrons. The van der Waals surface area contributed by atoms with Gasteiger partial charge in [0.25, 0.3) is 0 Å². The minimum atomic E-state index is 1.09. The van der Waals surface area contributed by atoms with Crippen LogP contribution in [0.5, 0.6) is 0 Å². The van der Waals surface area contributed by atoms with Gasteiger partial charge in [0, 0.05) is 0 Å². The van der Waals surface area contributed by atoms with Crippen LogP contribution >= 0.6 is 0 Å². The molecule has 0 bridgehead atoms. The summed E-state index contributed by atoms with van der Waals surface area (Å²) in [4.78, 5) is 0. The van der Waals surface area contributed by atoms with E-state index in [0.717, 1.165) is 35.5 Å². The van der Waals surface area contributed by atoms with E-state index in [0.29, 0.717) is 0 Å². The SMILES string of the molecule is CCCCCCCCC[C@H]1CCC2C(CCC3C[C@@H](CCCCCCCCC)CCC32)C1. The third-order valence-electron chi connectivity index (χ3n) is 10.2. The Morgan fingerprint density at radius 2 is 0.781 bits per heavy atom. The van der Waals surface area contributed by atoms with Crippen molar-refractivity contribution in [2.75, 3.05) is 0 Å². The highest BCUT2D eigenvalue weighted by atomic mass is 14.5. The molecular formula is C32H60. The minimum absolute atomic E-state index is 1.09. The van der Waals surface area contributed by atoms with Gasteiger partial charge in [-0.3, -0.25) is 0 Å². The van der Waals surface area contributed by atoms with Crippen molar-refractivity contribution < 1.29 is 0 Å². The lowest BCUT2D eigenvalue weighted by atomic mass is 9.55. The summed E-state index contributed by atoms with van der Waals surface area (Å²) >= 11 is 0. The Morgan fingerprint density at radius 3 is 1.19 bits per heavy atom. The second kappa shape index (κ2) is 15.8. The maximum Gasteiger partial charge on any atom is -0.0355 e. The first-order valence-corrected chi connectivity index (χ1v) is 15.8. The lowest BCUT2D eigenvalue weighted by Crippen LogP contribution is -2.41. The maximum atomic E-state index is 2.33. The molecule has 0 aromatic rings. The van der Waals surface area contributed by atoms with Crippen molar-refractivity contribution in [1.29, 1.82) is 0 Å². The van der Waals surface area contributed by atoms with Crippen LogP contribution in [0.4, 0.5) is 0 Å². The van der Waals surface area contributed by atoms with Crippen LogP contribution in [-0.2, 0) is 0 Å². The van der Waals surface area contributed by atoms with Crippen molar-refractivity contribution in [3.8, 4) is 0 Å². The predicted molar refractivity (Wildman–Crippen MR) is 143 cm³/mol. The summed E-state index contributed by atoms with van der Waals surface area (Å²) in [5.74, 6) is 6.71. The molecule has 0 aromatic carbocycles. The van der Waals surface area contributed by atoms with Crippen LogP contribution in [-0.4, -0.2) is 0 Å². The molecule has 0 nitrogen and oxygen atoms in total. The number of hydrogen-bond donors (Lipinski definition) is 0. The van der Waals surface area contributed by atoms with E-state index in [1.165, 1.54) is 89.9 Å². The predicted octanol–water partition coefficient (Wildman–Crippen LogP) is 11.1. The van der Waals surface area contributed by atoms with Gasteiger partial charge in [-0.25, -0.2) is 0 Å². The zero-order chi connectivity index (χ0) is 22.4. The average Bonchev–Trinajstić information content (AvgIpc) is 2.82. The van der Waals surface area contributed by atoms with E-state index >= 15 is 0 Å². The first kappa shape index (κ1) is 26.6. The fraction of sp³-hybridized carbons (Fsp3) is 1.00. The molecule has 0 saturated heterocycles. The highest BCUT2D eigenvalue weighted by Gasteiger charge is 2.44. The van der Waals surface area contributed by atoms with Crippen molar-refractivity contribution >= 4 is 0 Å². The van der Waals surface area contributed by atoms with Crippen molar-refractivity contribution in [2.45, 2.75) is 168 Å². The van der Waals surface area contributed by atoms with E-state index < -0.39 is 0 Å². The molecule has 4 unspecified atom stereocenters. The largest absolute Gasteiger partial charge is 0.0654 e. The van der Waals surface area contributed by atoms with Gasteiger partial charge in [-0.1, -0.05) is 129 Å². The molecule has 3 rings (SSSR count). The fourth-order valence-corrected chi connectivity index (χ4v) is 8.29. The quantitative estimate of drug-likeness (QED) is 0.208. The molecule has 6 atom stereocenters. The standard InChI is InChI=1S/C32H60/c1-3-5-7-9-11-13-15-17-27-19-23-31-29(25-27)21-22-30-26-28(20-24-32(30)31)18-16-14-12-10-8-6-4-2/h27-32H,3-26H2,1-2H3/t27-,28-,29?,30?,31?,32?/m0/s1. The molecule has 0 aromatic heterocycles. The number of fused-ring (bicyclic) bond motifs is 3. The van der Waals surface area contributed by atoms with E-state index in [9.17, 15) is 0 Å². The van der Waals surface area contributed by atoms with E-state index in [-0.39, 0.29) is 0 Å². The van der Waals surface area contributed by atoms with Crippen molar-refractivity contribution in [1.82, 2.24) is 0 Å². The summed E-state index contributed by atoms with van der Waals surface area (Å²) < 4.78 is 0. The summed E-state index contributed by atoms with van der Waals surface area (Å²) in [6.45, 7) is 4.65. The van der Waals surface area contributed by atoms with Crippen LogP contribution in [0.25, 0.3) is 0 Å². The molecule has 0 radical (unpaired) electrons. The van der Waals surface area contributed by atoms with Gasteiger partial charge in [0.05, 0.1) is 0 Å². The Labute approximate surface area is 203 Å². The Hall–Kier alpha value is 0. The summed E-state index contributed by atoms with van der Waals surface area (Å²) in [6, 6.07) is 0. The van der Waals surface area contributed by atoms with Gasteiger partial charge in [0.1, 0.15) is 0 Å². The first-order chi connectivity index (χ1) is 15.8. The second-order valence-corrected chi connectivity index (χ2v) is 12.6. The Morgan fingerprint density at radius 1 is 0.406 bits per heavy atom. The van der Waals surface area contributed by atoms with Crippen molar-refractivity contribution in [3.05, 3.63) is 0 Å². The van der Waals surface area contributed by atoms with Gasteiger partial charge in [0.15, 0.2) is 0 Å². The number of unbranched alkanes of at least 4 members (excludes halogenated alkanes) is 12. The van der Waals surface area contributed by atoms with E-state index in [2.05, 4.69) is 13.8 Å². The molecule has 0 amide bonds. The molecule has 0 heteroatoms. The third kappa shape index (κ3) is 8.98. The zero-order valence-corrected chi connectivity index (χ0v) is 22.4. The molecule has 0 heterocycles. The fourth-order valence-electron chi connectivity index (χ4n) is 8.29. The molecule has 3 aliphatic rings. The lowest BCUT2D eigenvalue weighted by molar-refractivity contribution is -0.00461. The van der Waals surface area contributed by atoms with Crippen LogP contribution in [0.2, 0.25) is 0 Å². The molecule has 0 N–H and O–H groups in total. The molecule has 3 saturated carbocycles. The normalized spacial score (nSPS) is 32.4. The van der Waals surface area contributed by atoms with Gasteiger partial charge in [-0.05, 0) is 74.0 Å². The van der Waals surface area contributed by atoms with Crippen LogP contribution in [0.1, 0.15) is 168 Å². The first-order valence-electron chi connectivity index (χ1n) is 15.8. The minimum Gasteiger partial charge on any atom is -0.0654 e. The van der Waals surface area contributed by atoms with E-state index in [1.807, 2.05) is 0 Å². The summed E-state index contributed by atoms with van der Waals surface area (Å²) in [7, 11) is 0. The second-order valence-electron chi connectivity index (χ2n) is 12.6. The van der Waals surface area contributed by atoms with Crippen LogP contribution in [0.15, 0.2) is 0 Å². The number of rotatable bonds is 16. The lowest BCUT2D eigenvalue weighted by Gasteiger charge is -2.51. The smallest absolute Gasteiger partial charge is 0.0355 e. The van der Waals surface area contributed by atoms with Gasteiger partial charge in [-0.2, -0.15) is 0 Å². The molecule has 3 aliphatic carbocycles. The van der Waals surface area contributed by atoms with Crippen LogP contribution in [0, 0.1) is 35.5 Å². The Kier molecular flexibility index (Phi) is 13.1. The third-order valence-corrected chi connectivity index (χ3v) is 10.2. The highest BCUT2D eigenvalue weighted by Crippen LogP contribution is 2.54. The highest BCUT2D eigenvalue weighted by molar-refractivity contribution is 4.94. The van der Waals surface area contributed by atoms with Crippen molar-refractivity contribution in [2.24, 2.45) is 35.5 Å². The summed E-state index contributed by atoms with van der Waals surface area (Å²) in [6.07, 6.45) is 36.6. The number of hydrogen-bond acceptors (Lipinski definition) is 0. The summed E-state index contributed by atoms with van der Waals surface area (Å²) in [5.41, 5.74) is 0. The molecular weight excluding hydrogens is 384 g/mol. The van der Waals surface area contributed by atoms with E-state index in [4.69, 9.17) is 0 Å².